The topological polar surface area (TPSA) is 24.5 Å². The van der Waals surface area contributed by atoms with Crippen molar-refractivity contribution in [1.29, 1.82) is 0 Å². The smallest absolute Gasteiger partial charge is 0.118 e. The van der Waals surface area contributed by atoms with Crippen LogP contribution in [0.15, 0.2) is 24.3 Å². The Kier molecular flexibility index (Phi) is 5.67. The molecular formula is C16H26N2O. The molecule has 106 valence electrons. The van der Waals surface area contributed by atoms with Crippen molar-refractivity contribution in [2.75, 3.05) is 26.7 Å². The lowest BCUT2D eigenvalue weighted by atomic mass is 10.0. The van der Waals surface area contributed by atoms with Crippen LogP contribution in [0.25, 0.3) is 0 Å². The van der Waals surface area contributed by atoms with E-state index in [1.807, 2.05) is 0 Å². The monoisotopic (exact) mass is 262 g/mol. The zero-order valence-electron chi connectivity index (χ0n) is 12.2. The Morgan fingerprint density at radius 2 is 1.89 bits per heavy atom. The van der Waals surface area contributed by atoms with Gasteiger partial charge in [-0.1, -0.05) is 19.1 Å². The van der Waals surface area contributed by atoms with Crippen LogP contribution in [0.1, 0.15) is 31.7 Å². The molecule has 0 atom stereocenters. The maximum atomic E-state index is 5.22. The molecule has 0 saturated carbocycles. The first-order chi connectivity index (χ1) is 9.33. The number of hydrogen-bond acceptors (Lipinski definition) is 3. The Morgan fingerprint density at radius 3 is 2.47 bits per heavy atom. The molecule has 1 aliphatic rings. The Bertz CT molecular complexity index is 358. The average Bonchev–Trinajstić information content (AvgIpc) is 2.48. The van der Waals surface area contributed by atoms with Crippen molar-refractivity contribution in [2.24, 2.45) is 0 Å². The van der Waals surface area contributed by atoms with Gasteiger partial charge in [0.15, 0.2) is 0 Å². The first-order valence-corrected chi connectivity index (χ1v) is 7.41. The quantitative estimate of drug-likeness (QED) is 0.853. The van der Waals surface area contributed by atoms with E-state index in [2.05, 4.69) is 41.4 Å². The van der Waals surface area contributed by atoms with Gasteiger partial charge in [0.2, 0.25) is 0 Å². The summed E-state index contributed by atoms with van der Waals surface area (Å²) in [7, 11) is 1.72. The average molecular weight is 262 g/mol. The van der Waals surface area contributed by atoms with Gasteiger partial charge in [-0.2, -0.15) is 0 Å². The number of ether oxygens (including phenoxy) is 1. The molecule has 2 rings (SSSR count). The summed E-state index contributed by atoms with van der Waals surface area (Å²) < 4.78 is 5.22. The number of rotatable bonds is 6. The minimum absolute atomic E-state index is 0.739. The molecule has 1 aliphatic heterocycles. The Morgan fingerprint density at radius 1 is 1.21 bits per heavy atom. The minimum Gasteiger partial charge on any atom is -0.497 e. The number of methoxy groups -OCH3 is 1. The van der Waals surface area contributed by atoms with Crippen molar-refractivity contribution < 1.29 is 4.74 Å². The van der Waals surface area contributed by atoms with Gasteiger partial charge in [0, 0.05) is 12.6 Å². The molecule has 19 heavy (non-hydrogen) atoms. The molecule has 3 nitrogen and oxygen atoms in total. The van der Waals surface area contributed by atoms with Gasteiger partial charge < -0.3 is 10.1 Å². The molecule has 0 radical (unpaired) electrons. The van der Waals surface area contributed by atoms with Crippen molar-refractivity contribution >= 4 is 0 Å². The predicted octanol–water partition coefficient (Wildman–Crippen LogP) is 2.66. The van der Waals surface area contributed by atoms with Gasteiger partial charge in [-0.15, -0.1) is 0 Å². The summed E-state index contributed by atoms with van der Waals surface area (Å²) in [5.74, 6) is 0.938. The third-order valence-electron chi connectivity index (χ3n) is 3.88. The summed E-state index contributed by atoms with van der Waals surface area (Å²) in [5, 5.41) is 3.45. The second-order valence-electron chi connectivity index (χ2n) is 5.30. The van der Waals surface area contributed by atoms with Crippen LogP contribution in [0.3, 0.4) is 0 Å². The van der Waals surface area contributed by atoms with Gasteiger partial charge >= 0.3 is 0 Å². The molecule has 0 amide bonds. The molecule has 1 saturated heterocycles. The summed E-state index contributed by atoms with van der Waals surface area (Å²) in [6.45, 7) is 6.84. The first-order valence-electron chi connectivity index (χ1n) is 7.41. The number of hydrogen-bond donors (Lipinski definition) is 1. The van der Waals surface area contributed by atoms with Gasteiger partial charge in [-0.3, -0.25) is 4.90 Å². The molecule has 0 spiro atoms. The number of piperidine rings is 1. The Balaban J connectivity index is 1.97. The van der Waals surface area contributed by atoms with Gasteiger partial charge in [0.1, 0.15) is 5.75 Å². The zero-order chi connectivity index (χ0) is 13.5. The number of nitrogens with one attached hydrogen (secondary N) is 1. The molecule has 0 bridgehead atoms. The van der Waals surface area contributed by atoms with Gasteiger partial charge in [-0.25, -0.2) is 0 Å². The van der Waals surface area contributed by atoms with Crippen molar-refractivity contribution in [3.8, 4) is 5.75 Å². The van der Waals surface area contributed by atoms with Crippen LogP contribution >= 0.6 is 0 Å². The maximum Gasteiger partial charge on any atom is 0.118 e. The summed E-state index contributed by atoms with van der Waals surface area (Å²) in [5.41, 5.74) is 1.38. The van der Waals surface area contributed by atoms with E-state index in [1.54, 1.807) is 7.11 Å². The van der Waals surface area contributed by atoms with Crippen LogP contribution in [0.4, 0.5) is 0 Å². The van der Waals surface area contributed by atoms with E-state index < -0.39 is 0 Å². The fraction of sp³-hybridized carbons (Fsp3) is 0.625. The second kappa shape index (κ2) is 7.51. The zero-order valence-corrected chi connectivity index (χ0v) is 12.2. The summed E-state index contributed by atoms with van der Waals surface area (Å²) in [4.78, 5) is 2.64. The highest BCUT2D eigenvalue weighted by Gasteiger charge is 2.20. The van der Waals surface area contributed by atoms with Crippen molar-refractivity contribution in [3.63, 3.8) is 0 Å². The molecule has 1 aromatic rings. The van der Waals surface area contributed by atoms with Crippen LogP contribution in [0.5, 0.6) is 5.75 Å². The van der Waals surface area contributed by atoms with E-state index >= 15 is 0 Å². The normalized spacial score (nSPS) is 16.8. The van der Waals surface area contributed by atoms with Crippen LogP contribution in [-0.4, -0.2) is 37.7 Å². The number of benzene rings is 1. The Hall–Kier alpha value is -1.06. The van der Waals surface area contributed by atoms with Crippen LogP contribution in [0.2, 0.25) is 0 Å². The minimum atomic E-state index is 0.739. The van der Waals surface area contributed by atoms with Crippen molar-refractivity contribution in [2.45, 2.75) is 38.8 Å². The molecule has 0 aromatic heterocycles. The number of nitrogens with zero attached hydrogens (tertiary/aromatic N) is 1. The largest absolute Gasteiger partial charge is 0.497 e. The fourth-order valence-corrected chi connectivity index (χ4v) is 2.82. The molecular weight excluding hydrogens is 236 g/mol. The van der Waals surface area contributed by atoms with E-state index in [9.17, 15) is 0 Å². The van der Waals surface area contributed by atoms with Crippen LogP contribution in [-0.2, 0) is 6.54 Å². The lowest BCUT2D eigenvalue weighted by Gasteiger charge is -2.34. The van der Waals surface area contributed by atoms with E-state index in [-0.39, 0.29) is 0 Å². The standard InChI is InChI=1S/C16H26N2O/c1-3-12-18(15-8-10-17-11-9-15)13-14-4-6-16(19-2)7-5-14/h4-7,15,17H,3,8-13H2,1-2H3. The summed E-state index contributed by atoms with van der Waals surface area (Å²) in [6, 6.07) is 9.22. The van der Waals surface area contributed by atoms with E-state index in [0.717, 1.165) is 31.4 Å². The lowest BCUT2D eigenvalue weighted by Crippen LogP contribution is -2.43. The summed E-state index contributed by atoms with van der Waals surface area (Å²) in [6.07, 6.45) is 3.77. The first kappa shape index (κ1) is 14.4. The molecule has 1 heterocycles. The van der Waals surface area contributed by atoms with E-state index in [0.29, 0.717) is 0 Å². The van der Waals surface area contributed by atoms with Gasteiger partial charge in [0.25, 0.3) is 0 Å². The molecule has 1 aromatic carbocycles. The Labute approximate surface area is 116 Å². The van der Waals surface area contributed by atoms with E-state index in [4.69, 9.17) is 4.74 Å². The highest BCUT2D eigenvalue weighted by molar-refractivity contribution is 5.27. The van der Waals surface area contributed by atoms with Crippen molar-refractivity contribution in [3.05, 3.63) is 29.8 Å². The third kappa shape index (κ3) is 4.22. The van der Waals surface area contributed by atoms with Gasteiger partial charge in [0.05, 0.1) is 7.11 Å². The maximum absolute atomic E-state index is 5.22. The fourth-order valence-electron chi connectivity index (χ4n) is 2.82. The molecule has 1 fully saturated rings. The molecule has 1 N–H and O–H groups in total. The van der Waals surface area contributed by atoms with E-state index in [1.165, 1.54) is 31.4 Å². The molecule has 0 aliphatic carbocycles. The second-order valence-corrected chi connectivity index (χ2v) is 5.30. The highest BCUT2D eigenvalue weighted by atomic mass is 16.5. The van der Waals surface area contributed by atoms with Crippen molar-refractivity contribution in [1.82, 2.24) is 10.2 Å². The summed E-state index contributed by atoms with van der Waals surface area (Å²) >= 11 is 0. The highest BCUT2D eigenvalue weighted by Crippen LogP contribution is 2.18. The lowest BCUT2D eigenvalue weighted by molar-refractivity contribution is 0.154. The third-order valence-corrected chi connectivity index (χ3v) is 3.88. The molecule has 0 unspecified atom stereocenters. The SMILES string of the molecule is CCCN(Cc1ccc(OC)cc1)C1CCNCC1. The van der Waals surface area contributed by atoms with Crippen LogP contribution < -0.4 is 10.1 Å². The predicted molar refractivity (Wildman–Crippen MR) is 79.6 cm³/mol. The van der Waals surface area contributed by atoms with Gasteiger partial charge in [-0.05, 0) is 56.6 Å². The molecule has 3 heteroatoms. The van der Waals surface area contributed by atoms with Crippen LogP contribution in [0, 0.1) is 0 Å².